The van der Waals surface area contributed by atoms with Gasteiger partial charge in [-0.3, -0.25) is 9.59 Å². The lowest BCUT2D eigenvalue weighted by Crippen LogP contribution is -2.39. The van der Waals surface area contributed by atoms with Gasteiger partial charge < -0.3 is 15.0 Å². The van der Waals surface area contributed by atoms with Crippen LogP contribution in [0.15, 0.2) is 48.5 Å². The summed E-state index contributed by atoms with van der Waals surface area (Å²) < 4.78 is 18.4. The van der Waals surface area contributed by atoms with Crippen molar-refractivity contribution in [3.8, 4) is 5.75 Å². The van der Waals surface area contributed by atoms with Crippen LogP contribution in [0.3, 0.4) is 0 Å². The molecule has 1 atom stereocenters. The van der Waals surface area contributed by atoms with Crippen LogP contribution in [0.25, 0.3) is 0 Å². The van der Waals surface area contributed by atoms with Crippen LogP contribution in [0.5, 0.6) is 5.75 Å². The first kappa shape index (κ1) is 22.3. The molecule has 8 heteroatoms. The van der Waals surface area contributed by atoms with Crippen LogP contribution >= 0.6 is 0 Å². The lowest BCUT2D eigenvalue weighted by molar-refractivity contribution is -0.124. The van der Waals surface area contributed by atoms with E-state index in [1.807, 2.05) is 13.8 Å². The molecule has 3 rings (SSSR count). The number of carbonyl (C=O) groups is 3. The van der Waals surface area contributed by atoms with Crippen LogP contribution < -0.4 is 15.0 Å². The predicted octanol–water partition coefficient (Wildman–Crippen LogP) is 4.05. The van der Waals surface area contributed by atoms with E-state index in [4.69, 9.17) is 4.74 Å². The number of methoxy groups -OCH3 is 1. The Morgan fingerprint density at radius 3 is 2.32 bits per heavy atom. The maximum Gasteiger partial charge on any atom is 0.332 e. The van der Waals surface area contributed by atoms with Gasteiger partial charge in [0, 0.05) is 12.2 Å². The summed E-state index contributed by atoms with van der Waals surface area (Å²) in [7, 11) is 1.55. The monoisotopic (exact) mass is 427 g/mol. The Morgan fingerprint density at radius 2 is 1.74 bits per heavy atom. The summed E-state index contributed by atoms with van der Waals surface area (Å²) in [6.45, 7) is 4.39. The van der Waals surface area contributed by atoms with E-state index in [0.717, 1.165) is 4.90 Å². The number of nitrogens with one attached hydrogen (secondary N) is 1. The lowest BCUT2D eigenvalue weighted by Gasteiger charge is -2.22. The Bertz CT molecular complexity index is 944. The van der Waals surface area contributed by atoms with Crippen molar-refractivity contribution < 1.29 is 23.5 Å². The number of urea groups is 1. The van der Waals surface area contributed by atoms with E-state index >= 15 is 0 Å². The molecular formula is C23H26FN3O4. The molecule has 7 nitrogen and oxygen atoms in total. The van der Waals surface area contributed by atoms with Crippen LogP contribution in [0.1, 0.15) is 26.7 Å². The highest BCUT2D eigenvalue weighted by molar-refractivity contribution is 6.22. The molecule has 1 aliphatic rings. The molecule has 1 fully saturated rings. The first-order valence-electron chi connectivity index (χ1n) is 10.1. The Hall–Kier alpha value is -3.42. The molecule has 0 radical (unpaired) electrons. The minimum Gasteiger partial charge on any atom is -0.497 e. The van der Waals surface area contributed by atoms with Crippen molar-refractivity contribution in [1.29, 1.82) is 0 Å². The van der Waals surface area contributed by atoms with Gasteiger partial charge in [-0.05, 0) is 60.9 Å². The second kappa shape index (κ2) is 9.59. The minimum absolute atomic E-state index is 0.174. The Kier molecular flexibility index (Phi) is 6.89. The predicted molar refractivity (Wildman–Crippen MR) is 115 cm³/mol. The molecule has 0 saturated carbocycles. The number of benzene rings is 2. The van der Waals surface area contributed by atoms with Crippen molar-refractivity contribution in [3.63, 3.8) is 0 Å². The number of halogens is 1. The number of nitrogens with zero attached hydrogens (tertiary/aromatic N) is 2. The van der Waals surface area contributed by atoms with Gasteiger partial charge in [-0.25, -0.2) is 14.1 Å². The van der Waals surface area contributed by atoms with E-state index in [9.17, 15) is 18.8 Å². The number of ether oxygens (including phenoxy) is 1. The summed E-state index contributed by atoms with van der Waals surface area (Å²) in [4.78, 5) is 41.2. The van der Waals surface area contributed by atoms with Crippen molar-refractivity contribution in [2.45, 2.75) is 32.7 Å². The molecular weight excluding hydrogens is 401 g/mol. The van der Waals surface area contributed by atoms with E-state index < -0.39 is 23.8 Å². The summed E-state index contributed by atoms with van der Waals surface area (Å²) in [6.07, 6.45) is 0.513. The van der Waals surface area contributed by atoms with Gasteiger partial charge in [0.15, 0.2) is 0 Å². The van der Waals surface area contributed by atoms with Crippen LogP contribution in [0, 0.1) is 11.7 Å². The van der Waals surface area contributed by atoms with Gasteiger partial charge >= 0.3 is 6.03 Å². The van der Waals surface area contributed by atoms with Crippen molar-refractivity contribution in [2.75, 3.05) is 23.9 Å². The summed E-state index contributed by atoms with van der Waals surface area (Å²) in [5.74, 6) is -0.368. The molecule has 0 aliphatic carbocycles. The Labute approximate surface area is 180 Å². The molecule has 0 bridgehead atoms. The van der Waals surface area contributed by atoms with Crippen LogP contribution in [-0.4, -0.2) is 42.4 Å². The second-order valence-corrected chi connectivity index (χ2v) is 7.81. The number of amides is 4. The van der Waals surface area contributed by atoms with Gasteiger partial charge in [0.2, 0.25) is 5.91 Å². The zero-order valence-corrected chi connectivity index (χ0v) is 17.8. The number of rotatable bonds is 8. The number of hydrogen-bond acceptors (Lipinski definition) is 4. The van der Waals surface area contributed by atoms with E-state index in [1.165, 1.54) is 29.2 Å². The molecule has 2 aromatic carbocycles. The fraction of sp³-hybridized carbons (Fsp3) is 0.348. The highest BCUT2D eigenvalue weighted by atomic mass is 19.1. The van der Waals surface area contributed by atoms with Gasteiger partial charge in [-0.15, -0.1) is 0 Å². The van der Waals surface area contributed by atoms with Crippen molar-refractivity contribution in [1.82, 2.24) is 4.90 Å². The normalized spacial score (nSPS) is 16.2. The molecule has 2 aromatic rings. The third kappa shape index (κ3) is 5.20. The average Bonchev–Trinajstić information content (AvgIpc) is 2.97. The Morgan fingerprint density at radius 1 is 1.10 bits per heavy atom. The summed E-state index contributed by atoms with van der Waals surface area (Å²) in [5, 5.41) is 2.75. The van der Waals surface area contributed by atoms with Crippen molar-refractivity contribution >= 4 is 29.2 Å². The SMILES string of the molecule is COc1ccc(NC(=O)C[C@@H]2C(=O)N(c3ccc(F)cc3)C(=O)N2CCC(C)C)cc1. The molecule has 4 amide bonds. The van der Waals surface area contributed by atoms with Crippen LogP contribution in [0.4, 0.5) is 20.6 Å². The van der Waals surface area contributed by atoms with Gasteiger partial charge in [0.25, 0.3) is 5.91 Å². The van der Waals surface area contributed by atoms with Gasteiger partial charge in [0.1, 0.15) is 17.6 Å². The molecule has 1 heterocycles. The largest absolute Gasteiger partial charge is 0.497 e. The zero-order valence-electron chi connectivity index (χ0n) is 17.8. The number of carbonyl (C=O) groups excluding carboxylic acids is 3. The second-order valence-electron chi connectivity index (χ2n) is 7.81. The zero-order chi connectivity index (χ0) is 22.5. The Balaban J connectivity index is 1.78. The average molecular weight is 427 g/mol. The minimum atomic E-state index is -0.922. The number of anilines is 2. The smallest absolute Gasteiger partial charge is 0.332 e. The maximum atomic E-state index is 13.3. The molecule has 0 unspecified atom stereocenters. The molecule has 164 valence electrons. The number of imide groups is 1. The maximum absolute atomic E-state index is 13.3. The number of hydrogen-bond donors (Lipinski definition) is 1. The molecule has 1 saturated heterocycles. The highest BCUT2D eigenvalue weighted by Gasteiger charge is 2.46. The lowest BCUT2D eigenvalue weighted by atomic mass is 10.1. The van der Waals surface area contributed by atoms with Gasteiger partial charge in [-0.1, -0.05) is 13.8 Å². The summed E-state index contributed by atoms with van der Waals surface area (Å²) >= 11 is 0. The summed E-state index contributed by atoms with van der Waals surface area (Å²) in [5.41, 5.74) is 0.843. The molecule has 0 spiro atoms. The van der Waals surface area contributed by atoms with Crippen LogP contribution in [-0.2, 0) is 9.59 Å². The van der Waals surface area contributed by atoms with Gasteiger partial charge in [0.05, 0.1) is 19.2 Å². The third-order valence-electron chi connectivity index (χ3n) is 5.10. The standard InChI is InChI=1S/C23H26FN3O4/c1-15(2)12-13-26-20(14-21(28)25-17-6-10-19(31-3)11-7-17)22(29)27(23(26)30)18-8-4-16(24)5-9-18/h4-11,15,20H,12-14H2,1-3H3,(H,25,28)/t20-/m1/s1. The van der Waals surface area contributed by atoms with Crippen molar-refractivity contribution in [3.05, 3.63) is 54.3 Å². The first-order chi connectivity index (χ1) is 14.8. The fourth-order valence-corrected chi connectivity index (χ4v) is 3.37. The van der Waals surface area contributed by atoms with Crippen molar-refractivity contribution in [2.24, 2.45) is 5.92 Å². The van der Waals surface area contributed by atoms with E-state index in [0.29, 0.717) is 30.3 Å². The third-order valence-corrected chi connectivity index (χ3v) is 5.10. The van der Waals surface area contributed by atoms with Gasteiger partial charge in [-0.2, -0.15) is 0 Å². The van der Waals surface area contributed by atoms with E-state index in [-0.39, 0.29) is 18.0 Å². The highest BCUT2D eigenvalue weighted by Crippen LogP contribution is 2.28. The molecule has 0 aromatic heterocycles. The van der Waals surface area contributed by atoms with E-state index in [1.54, 1.807) is 31.4 Å². The quantitative estimate of drug-likeness (QED) is 0.645. The molecule has 1 N–H and O–H groups in total. The summed E-state index contributed by atoms with van der Waals surface area (Å²) in [6, 6.07) is 10.5. The van der Waals surface area contributed by atoms with E-state index in [2.05, 4.69) is 5.32 Å². The van der Waals surface area contributed by atoms with Crippen LogP contribution in [0.2, 0.25) is 0 Å². The first-order valence-corrected chi connectivity index (χ1v) is 10.1. The fourth-order valence-electron chi connectivity index (χ4n) is 3.37. The molecule has 31 heavy (non-hydrogen) atoms. The molecule has 1 aliphatic heterocycles. The topological polar surface area (TPSA) is 79.0 Å².